The van der Waals surface area contributed by atoms with Crippen LogP contribution in [0, 0.1) is 0 Å². The van der Waals surface area contributed by atoms with E-state index < -0.39 is 28.5 Å². The van der Waals surface area contributed by atoms with Crippen LogP contribution in [0.5, 0.6) is 11.5 Å². The summed E-state index contributed by atoms with van der Waals surface area (Å²) in [6.45, 7) is 5.35. The van der Waals surface area contributed by atoms with E-state index in [9.17, 15) is 18.0 Å². The molecule has 0 heterocycles. The first-order valence-electron chi connectivity index (χ1n) is 11.9. The molecular weight excluding hydrogens is 482 g/mol. The Morgan fingerprint density at radius 1 is 0.972 bits per heavy atom. The zero-order valence-corrected chi connectivity index (χ0v) is 22.7. The topological polar surface area (TPSA) is 105 Å². The van der Waals surface area contributed by atoms with Crippen LogP contribution in [0.4, 0.5) is 5.69 Å². The first-order valence-corrected chi connectivity index (χ1v) is 13.7. The predicted molar refractivity (Wildman–Crippen MR) is 141 cm³/mol. The van der Waals surface area contributed by atoms with Crippen molar-refractivity contribution < 1.29 is 27.5 Å². The predicted octanol–water partition coefficient (Wildman–Crippen LogP) is 3.19. The number of benzene rings is 2. The molecule has 0 aromatic heterocycles. The van der Waals surface area contributed by atoms with Crippen molar-refractivity contribution in [1.29, 1.82) is 0 Å². The summed E-state index contributed by atoms with van der Waals surface area (Å²) in [7, 11) is -0.771. The third kappa shape index (κ3) is 7.87. The Balaban J connectivity index is 2.44. The van der Waals surface area contributed by atoms with Gasteiger partial charge in [-0.15, -0.1) is 0 Å². The molecule has 0 aliphatic carbocycles. The summed E-state index contributed by atoms with van der Waals surface area (Å²) >= 11 is 0. The molecule has 2 atom stereocenters. The van der Waals surface area contributed by atoms with Crippen LogP contribution in [-0.2, 0) is 26.2 Å². The number of hydrogen-bond donors (Lipinski definition) is 1. The van der Waals surface area contributed by atoms with E-state index in [1.807, 2.05) is 32.9 Å². The molecule has 2 aromatic carbocycles. The lowest BCUT2D eigenvalue weighted by Crippen LogP contribution is -2.53. The summed E-state index contributed by atoms with van der Waals surface area (Å²) in [6.07, 6.45) is 2.15. The molecule has 2 amide bonds. The minimum atomic E-state index is -3.82. The van der Waals surface area contributed by atoms with Crippen LogP contribution in [0.1, 0.15) is 39.2 Å². The van der Waals surface area contributed by atoms with Crippen LogP contribution < -0.4 is 19.1 Å². The second-order valence-corrected chi connectivity index (χ2v) is 10.5. The van der Waals surface area contributed by atoms with E-state index >= 15 is 0 Å². The van der Waals surface area contributed by atoms with E-state index in [0.717, 1.165) is 22.5 Å². The van der Waals surface area contributed by atoms with Crippen LogP contribution in [0.25, 0.3) is 0 Å². The normalized spacial score (nSPS) is 12.8. The zero-order valence-electron chi connectivity index (χ0n) is 21.9. The molecular formula is C26H37N3O6S. The van der Waals surface area contributed by atoms with Gasteiger partial charge < -0.3 is 19.7 Å². The summed E-state index contributed by atoms with van der Waals surface area (Å²) in [5.74, 6) is 0.355. The number of anilines is 1. The molecule has 0 saturated carbocycles. The van der Waals surface area contributed by atoms with Gasteiger partial charge >= 0.3 is 0 Å². The Morgan fingerprint density at radius 3 is 2.14 bits per heavy atom. The lowest BCUT2D eigenvalue weighted by Gasteiger charge is -2.33. The summed E-state index contributed by atoms with van der Waals surface area (Å²) in [5, 5.41) is 2.95. The number of carbonyl (C=O) groups excluding carboxylic acids is 2. The molecule has 36 heavy (non-hydrogen) atoms. The van der Waals surface area contributed by atoms with Crippen LogP contribution in [0.3, 0.4) is 0 Å². The maximum absolute atomic E-state index is 13.7. The monoisotopic (exact) mass is 519 g/mol. The van der Waals surface area contributed by atoms with Crippen molar-refractivity contribution in [3.05, 3.63) is 54.1 Å². The lowest BCUT2D eigenvalue weighted by atomic mass is 10.1. The number of rotatable bonds is 13. The number of nitrogens with one attached hydrogen (secondary N) is 1. The van der Waals surface area contributed by atoms with Gasteiger partial charge in [0.05, 0.1) is 26.2 Å². The average molecular weight is 520 g/mol. The SMILES string of the molecule is CCC(C)NC(=O)C(CC)N(Cc1ccc(OC)cc1)C(=O)CN(c1cccc(OC)c1)S(C)(=O)=O. The van der Waals surface area contributed by atoms with E-state index in [2.05, 4.69) is 5.32 Å². The summed E-state index contributed by atoms with van der Waals surface area (Å²) in [5.41, 5.74) is 1.08. The molecule has 0 spiro atoms. The Bertz CT molecular complexity index is 1120. The molecule has 1 N–H and O–H groups in total. The van der Waals surface area contributed by atoms with Gasteiger partial charge in [0.2, 0.25) is 21.8 Å². The van der Waals surface area contributed by atoms with Gasteiger partial charge in [-0.1, -0.05) is 32.0 Å². The van der Waals surface area contributed by atoms with Crippen LogP contribution in [0.15, 0.2) is 48.5 Å². The Kier molecular flexibility index (Phi) is 10.6. The lowest BCUT2D eigenvalue weighted by molar-refractivity contribution is -0.140. The fourth-order valence-electron chi connectivity index (χ4n) is 3.67. The quantitative estimate of drug-likeness (QED) is 0.436. The highest BCUT2D eigenvalue weighted by Crippen LogP contribution is 2.24. The second kappa shape index (κ2) is 13.2. The highest BCUT2D eigenvalue weighted by atomic mass is 32.2. The van der Waals surface area contributed by atoms with Gasteiger partial charge in [-0.2, -0.15) is 0 Å². The summed E-state index contributed by atoms with van der Waals surface area (Å²) < 4.78 is 36.9. The number of hydrogen-bond acceptors (Lipinski definition) is 6. The van der Waals surface area contributed by atoms with Crippen LogP contribution in [-0.4, -0.2) is 64.2 Å². The van der Waals surface area contributed by atoms with Gasteiger partial charge in [-0.25, -0.2) is 8.42 Å². The molecule has 0 saturated heterocycles. The second-order valence-electron chi connectivity index (χ2n) is 8.58. The van der Waals surface area contributed by atoms with E-state index in [1.54, 1.807) is 43.5 Å². The smallest absolute Gasteiger partial charge is 0.244 e. The zero-order chi connectivity index (χ0) is 26.9. The highest BCUT2D eigenvalue weighted by molar-refractivity contribution is 7.92. The fourth-order valence-corrected chi connectivity index (χ4v) is 4.51. The number of nitrogens with zero attached hydrogens (tertiary/aromatic N) is 2. The molecule has 0 fully saturated rings. The van der Waals surface area contributed by atoms with E-state index in [-0.39, 0.29) is 18.5 Å². The Labute approximate surface area is 214 Å². The summed E-state index contributed by atoms with van der Waals surface area (Å²) in [6, 6.07) is 12.8. The van der Waals surface area contributed by atoms with Crippen molar-refractivity contribution in [1.82, 2.24) is 10.2 Å². The highest BCUT2D eigenvalue weighted by Gasteiger charge is 2.32. The van der Waals surface area contributed by atoms with Gasteiger partial charge in [0.25, 0.3) is 0 Å². The fraction of sp³-hybridized carbons (Fsp3) is 0.462. The largest absolute Gasteiger partial charge is 0.497 e. The number of amides is 2. The number of sulfonamides is 1. The molecule has 10 heteroatoms. The molecule has 2 unspecified atom stereocenters. The van der Waals surface area contributed by atoms with Gasteiger partial charge in [0.1, 0.15) is 24.1 Å². The van der Waals surface area contributed by atoms with E-state index in [1.165, 1.54) is 12.0 Å². The summed E-state index contributed by atoms with van der Waals surface area (Å²) in [4.78, 5) is 28.3. The van der Waals surface area contributed by atoms with Crippen molar-refractivity contribution in [2.24, 2.45) is 0 Å². The molecule has 0 bridgehead atoms. The van der Waals surface area contributed by atoms with Gasteiger partial charge in [0.15, 0.2) is 0 Å². The number of ether oxygens (including phenoxy) is 2. The van der Waals surface area contributed by atoms with Gasteiger partial charge in [-0.3, -0.25) is 13.9 Å². The molecule has 9 nitrogen and oxygen atoms in total. The first-order chi connectivity index (χ1) is 17.0. The molecule has 0 radical (unpaired) electrons. The van der Waals surface area contributed by atoms with Crippen molar-refractivity contribution in [2.75, 3.05) is 31.3 Å². The van der Waals surface area contributed by atoms with Gasteiger partial charge in [-0.05, 0) is 49.6 Å². The Hall–Kier alpha value is -3.27. The minimum absolute atomic E-state index is 0.0613. The minimum Gasteiger partial charge on any atom is -0.497 e. The number of methoxy groups -OCH3 is 2. The van der Waals surface area contributed by atoms with Crippen LogP contribution in [0.2, 0.25) is 0 Å². The number of carbonyl (C=O) groups is 2. The molecule has 0 aliphatic rings. The van der Waals surface area contributed by atoms with Crippen molar-refractivity contribution in [3.63, 3.8) is 0 Å². The van der Waals surface area contributed by atoms with Crippen LogP contribution >= 0.6 is 0 Å². The van der Waals surface area contributed by atoms with Crippen molar-refractivity contribution in [2.45, 2.75) is 52.2 Å². The van der Waals surface area contributed by atoms with Crippen molar-refractivity contribution >= 4 is 27.5 Å². The van der Waals surface area contributed by atoms with Crippen molar-refractivity contribution in [3.8, 4) is 11.5 Å². The standard InChI is InChI=1S/C26H37N3O6S/c1-7-19(3)27-26(31)24(8-2)28(17-20-12-14-22(34-4)15-13-20)25(30)18-29(36(6,32)33)21-10-9-11-23(16-21)35-5/h9-16,19,24H,7-8,17-18H2,1-6H3,(H,27,31). The maximum atomic E-state index is 13.7. The Morgan fingerprint density at radius 2 is 1.61 bits per heavy atom. The first kappa shape index (κ1) is 29.0. The average Bonchev–Trinajstić information content (AvgIpc) is 2.86. The maximum Gasteiger partial charge on any atom is 0.244 e. The van der Waals surface area contributed by atoms with Gasteiger partial charge in [0, 0.05) is 18.7 Å². The molecule has 2 aromatic rings. The molecule has 2 rings (SSSR count). The van der Waals surface area contributed by atoms with E-state index in [0.29, 0.717) is 23.6 Å². The third-order valence-electron chi connectivity index (χ3n) is 5.92. The molecule has 198 valence electrons. The third-order valence-corrected chi connectivity index (χ3v) is 7.06. The molecule has 0 aliphatic heterocycles. The van der Waals surface area contributed by atoms with E-state index in [4.69, 9.17) is 9.47 Å².